The van der Waals surface area contributed by atoms with Gasteiger partial charge in [0.15, 0.2) is 23.0 Å². The number of cyclic esters (lactones) is 1. The second-order valence-corrected chi connectivity index (χ2v) is 15.0. The second kappa shape index (κ2) is 17.1. The minimum atomic E-state index is -0.835. The van der Waals surface area contributed by atoms with Crippen LogP contribution in [0, 0.1) is 11.8 Å². The second-order valence-electron chi connectivity index (χ2n) is 12.1. The molecule has 0 amide bonds. The number of carbonyl (C=O) groups excluding carboxylic acids is 1. The van der Waals surface area contributed by atoms with Crippen molar-refractivity contribution in [3.8, 4) is 34.5 Å². The van der Waals surface area contributed by atoms with Gasteiger partial charge >= 0.3 is 5.97 Å². The van der Waals surface area contributed by atoms with E-state index >= 15 is 0 Å². The Labute approximate surface area is 313 Å². The zero-order valence-electron chi connectivity index (χ0n) is 29.8. The predicted octanol–water partition coefficient (Wildman–Crippen LogP) is 9.08. The lowest BCUT2D eigenvalue weighted by atomic mass is 9.83. The van der Waals surface area contributed by atoms with E-state index < -0.39 is 10.00 Å². The molecule has 6 rings (SSSR count). The van der Waals surface area contributed by atoms with E-state index in [1.54, 1.807) is 59.1 Å². The SMILES string of the molecule is COc1cc(CC2C(=O)OCC2C(Sc2ccccc2)(Sc2ccccc2)c2cc(OC)c(OCc3ccccc3)c(OC)c2)cc(OC)c1OC. The Morgan fingerprint density at radius 2 is 1.10 bits per heavy atom. The Morgan fingerprint density at radius 3 is 1.58 bits per heavy atom. The van der Waals surface area contributed by atoms with Gasteiger partial charge in [-0.2, -0.15) is 0 Å². The van der Waals surface area contributed by atoms with Crippen LogP contribution in [0.5, 0.6) is 34.5 Å². The zero-order valence-corrected chi connectivity index (χ0v) is 31.5. The highest BCUT2D eigenvalue weighted by Crippen LogP contribution is 2.62. The van der Waals surface area contributed by atoms with Crippen LogP contribution in [0.25, 0.3) is 0 Å². The third kappa shape index (κ3) is 7.93. The normalized spacial score (nSPS) is 15.4. The van der Waals surface area contributed by atoms with Crippen LogP contribution in [0.15, 0.2) is 125 Å². The number of hydrogen-bond acceptors (Lipinski definition) is 10. The van der Waals surface area contributed by atoms with E-state index in [4.69, 9.17) is 33.2 Å². The number of thioether (sulfide) groups is 2. The Kier molecular flexibility index (Phi) is 12.1. The Bertz CT molecular complexity index is 1850. The quantitative estimate of drug-likeness (QED) is 0.0556. The van der Waals surface area contributed by atoms with Crippen molar-refractivity contribution in [1.82, 2.24) is 0 Å². The third-order valence-electron chi connectivity index (χ3n) is 8.98. The van der Waals surface area contributed by atoms with Crippen molar-refractivity contribution < 1.29 is 38.0 Å². The molecule has 0 aromatic heterocycles. The standard InChI is InChI=1S/C42H42O8S2/c1-44-35-22-29(23-36(45-2)39(35)48-5)21-33-34(27-50-41(33)43)42(51-31-17-11-7-12-18-31,52-32-19-13-8-14-20-32)30-24-37(46-3)40(38(25-30)47-4)49-26-28-15-9-6-10-16-28/h6-20,22-25,33-34H,21,26-27H2,1-5H3. The first-order valence-electron chi connectivity index (χ1n) is 16.8. The number of esters is 1. The summed E-state index contributed by atoms with van der Waals surface area (Å²) in [6.45, 7) is 0.530. The molecular weight excluding hydrogens is 697 g/mol. The van der Waals surface area contributed by atoms with Crippen LogP contribution in [0.4, 0.5) is 0 Å². The van der Waals surface area contributed by atoms with E-state index in [1.165, 1.54) is 0 Å². The fraction of sp³-hybridized carbons (Fsp3) is 0.262. The van der Waals surface area contributed by atoms with Gasteiger partial charge < -0.3 is 33.2 Å². The summed E-state index contributed by atoms with van der Waals surface area (Å²) >= 11 is 3.37. The number of methoxy groups -OCH3 is 5. The van der Waals surface area contributed by atoms with Gasteiger partial charge in [0.1, 0.15) is 10.7 Å². The number of benzene rings is 5. The van der Waals surface area contributed by atoms with Crippen LogP contribution in [0.1, 0.15) is 16.7 Å². The summed E-state index contributed by atoms with van der Waals surface area (Å²) in [6.07, 6.45) is 0.374. The number of ether oxygens (including phenoxy) is 7. The highest BCUT2D eigenvalue weighted by atomic mass is 32.2. The Morgan fingerprint density at radius 1 is 0.615 bits per heavy atom. The highest BCUT2D eigenvalue weighted by molar-refractivity contribution is 8.17. The van der Waals surface area contributed by atoms with Crippen molar-refractivity contribution >= 4 is 29.5 Å². The molecule has 0 saturated carbocycles. The lowest BCUT2D eigenvalue weighted by Crippen LogP contribution is -2.35. The highest BCUT2D eigenvalue weighted by Gasteiger charge is 2.53. The fourth-order valence-electron chi connectivity index (χ4n) is 6.45. The zero-order chi connectivity index (χ0) is 36.5. The van der Waals surface area contributed by atoms with Gasteiger partial charge in [0.25, 0.3) is 0 Å². The third-order valence-corrected chi connectivity index (χ3v) is 12.2. The van der Waals surface area contributed by atoms with Crippen molar-refractivity contribution in [3.63, 3.8) is 0 Å². The summed E-state index contributed by atoms with van der Waals surface area (Å²) in [7, 11) is 7.99. The fourth-order valence-corrected chi connectivity index (χ4v) is 9.72. The van der Waals surface area contributed by atoms with Gasteiger partial charge in [0, 0.05) is 15.7 Å². The molecule has 2 atom stereocenters. The van der Waals surface area contributed by atoms with E-state index in [0.29, 0.717) is 47.5 Å². The minimum absolute atomic E-state index is 0.199. The van der Waals surface area contributed by atoms with Crippen LogP contribution in [0.2, 0.25) is 0 Å². The summed E-state index contributed by atoms with van der Waals surface area (Å²) in [6, 6.07) is 38.2. The Balaban J connectivity index is 1.52. The monoisotopic (exact) mass is 738 g/mol. The molecule has 8 nitrogen and oxygen atoms in total. The molecule has 0 spiro atoms. The maximum atomic E-state index is 13.9. The summed E-state index contributed by atoms with van der Waals surface area (Å²) in [5, 5.41) is 0. The Hall–Kier alpha value is -4.93. The largest absolute Gasteiger partial charge is 0.493 e. The van der Waals surface area contributed by atoms with E-state index in [-0.39, 0.29) is 18.5 Å². The average molecular weight is 739 g/mol. The van der Waals surface area contributed by atoms with Crippen LogP contribution in [-0.2, 0) is 26.6 Å². The smallest absolute Gasteiger partial charge is 0.309 e. The summed E-state index contributed by atoms with van der Waals surface area (Å²) < 4.78 is 40.5. The number of hydrogen-bond donors (Lipinski definition) is 0. The molecule has 2 unspecified atom stereocenters. The van der Waals surface area contributed by atoms with Crippen molar-refractivity contribution in [2.24, 2.45) is 11.8 Å². The summed E-state index contributed by atoms with van der Waals surface area (Å²) in [4.78, 5) is 16.0. The van der Waals surface area contributed by atoms with Crippen molar-refractivity contribution in [2.45, 2.75) is 26.9 Å². The van der Waals surface area contributed by atoms with Crippen molar-refractivity contribution in [2.75, 3.05) is 42.2 Å². The van der Waals surface area contributed by atoms with Gasteiger partial charge in [-0.3, -0.25) is 4.79 Å². The van der Waals surface area contributed by atoms with Crippen molar-refractivity contribution in [3.05, 3.63) is 132 Å². The molecule has 1 heterocycles. The van der Waals surface area contributed by atoms with Crippen molar-refractivity contribution in [1.29, 1.82) is 0 Å². The van der Waals surface area contributed by atoms with Gasteiger partial charge in [-0.15, -0.1) is 23.5 Å². The molecule has 0 bridgehead atoms. The molecule has 1 aliphatic rings. The van der Waals surface area contributed by atoms with Gasteiger partial charge in [-0.05, 0) is 71.6 Å². The molecule has 52 heavy (non-hydrogen) atoms. The molecule has 0 radical (unpaired) electrons. The van der Waals surface area contributed by atoms with Gasteiger partial charge in [0.05, 0.1) is 48.1 Å². The van der Waals surface area contributed by atoms with Crippen LogP contribution >= 0.6 is 23.5 Å². The summed E-state index contributed by atoms with van der Waals surface area (Å²) in [5.41, 5.74) is 2.75. The molecular formula is C42H42O8S2. The molecule has 1 saturated heterocycles. The molecule has 0 aliphatic carbocycles. The lowest BCUT2D eigenvalue weighted by Gasteiger charge is -2.40. The molecule has 10 heteroatoms. The van der Waals surface area contributed by atoms with Gasteiger partial charge in [-0.1, -0.05) is 66.7 Å². The molecule has 0 N–H and O–H groups in total. The van der Waals surface area contributed by atoms with Crippen LogP contribution < -0.4 is 28.4 Å². The molecule has 270 valence electrons. The topological polar surface area (TPSA) is 81.7 Å². The van der Waals surface area contributed by atoms with Crippen LogP contribution in [-0.4, -0.2) is 48.1 Å². The first-order chi connectivity index (χ1) is 25.4. The van der Waals surface area contributed by atoms with Crippen LogP contribution in [0.3, 0.4) is 0 Å². The van der Waals surface area contributed by atoms with E-state index in [1.807, 2.05) is 91.0 Å². The lowest BCUT2D eigenvalue weighted by molar-refractivity contribution is -0.141. The van der Waals surface area contributed by atoms with Gasteiger partial charge in [0.2, 0.25) is 11.5 Å². The summed E-state index contributed by atoms with van der Waals surface area (Å²) in [5.74, 6) is 1.91. The van der Waals surface area contributed by atoms with E-state index in [0.717, 1.165) is 26.5 Å². The van der Waals surface area contributed by atoms with E-state index in [2.05, 4.69) is 24.3 Å². The maximum Gasteiger partial charge on any atom is 0.309 e. The van der Waals surface area contributed by atoms with Gasteiger partial charge in [-0.25, -0.2) is 0 Å². The van der Waals surface area contributed by atoms with E-state index in [9.17, 15) is 4.79 Å². The predicted molar refractivity (Wildman–Crippen MR) is 204 cm³/mol. The number of rotatable bonds is 16. The minimum Gasteiger partial charge on any atom is -0.493 e. The maximum absolute atomic E-state index is 13.9. The molecule has 1 fully saturated rings. The first kappa shape index (κ1) is 36.8. The molecule has 5 aromatic carbocycles. The average Bonchev–Trinajstić information content (AvgIpc) is 3.56. The molecule has 5 aromatic rings. The molecule has 1 aliphatic heterocycles. The number of carbonyl (C=O) groups is 1. The first-order valence-corrected chi connectivity index (χ1v) is 18.4.